The molecule has 0 saturated carbocycles. The van der Waals surface area contributed by atoms with E-state index in [1.807, 2.05) is 0 Å². The van der Waals surface area contributed by atoms with Gasteiger partial charge in [0.05, 0.1) is 19.8 Å². The summed E-state index contributed by atoms with van der Waals surface area (Å²) in [5.74, 6) is -0.958. The van der Waals surface area contributed by atoms with Gasteiger partial charge < -0.3 is 64.2 Å². The van der Waals surface area contributed by atoms with Crippen LogP contribution in [0.2, 0.25) is 0 Å². The molecule has 4 unspecified atom stereocenters. The maximum Gasteiger partial charge on any atom is 0.306 e. The summed E-state index contributed by atoms with van der Waals surface area (Å²) < 4.78 is 33.7. The first-order valence-electron chi connectivity index (χ1n) is 28.9. The maximum absolute atomic E-state index is 13.1. The molecule has 2 aliphatic heterocycles. The molecule has 0 amide bonds. The van der Waals surface area contributed by atoms with Crippen LogP contribution in [0.15, 0.2) is 60.8 Å². The van der Waals surface area contributed by atoms with Crippen LogP contribution in [-0.2, 0) is 38.0 Å². The van der Waals surface area contributed by atoms with Crippen LogP contribution in [0.3, 0.4) is 0 Å². The van der Waals surface area contributed by atoms with E-state index in [-0.39, 0.29) is 19.4 Å². The van der Waals surface area contributed by atoms with Crippen molar-refractivity contribution in [3.63, 3.8) is 0 Å². The molecule has 2 aliphatic rings. The van der Waals surface area contributed by atoms with E-state index in [2.05, 4.69) is 74.6 Å². The third kappa shape index (κ3) is 32.1. The van der Waals surface area contributed by atoms with Gasteiger partial charge in [0.15, 0.2) is 18.7 Å². The maximum atomic E-state index is 13.1. The first-order chi connectivity index (χ1) is 36.0. The number of aliphatic hydroxyl groups is 7. The van der Waals surface area contributed by atoms with Gasteiger partial charge in [0.25, 0.3) is 0 Å². The molecule has 0 aromatic carbocycles. The third-order valence-corrected chi connectivity index (χ3v) is 13.5. The number of carbonyl (C=O) groups excluding carboxylic acids is 2. The summed E-state index contributed by atoms with van der Waals surface area (Å²) in [6.07, 6.45) is 36.7. The van der Waals surface area contributed by atoms with E-state index >= 15 is 0 Å². The van der Waals surface area contributed by atoms with E-state index in [4.69, 9.17) is 28.4 Å². The van der Waals surface area contributed by atoms with Crippen molar-refractivity contribution in [1.82, 2.24) is 0 Å². The van der Waals surface area contributed by atoms with Gasteiger partial charge in [0.2, 0.25) is 0 Å². The van der Waals surface area contributed by atoms with Crippen LogP contribution >= 0.6 is 0 Å². The van der Waals surface area contributed by atoms with Crippen molar-refractivity contribution in [2.45, 2.75) is 274 Å². The molecule has 2 heterocycles. The van der Waals surface area contributed by atoms with Crippen LogP contribution in [-0.4, -0.2) is 142 Å². The number of hydrogen-bond donors (Lipinski definition) is 7. The molecule has 0 aromatic rings. The quantitative estimate of drug-likeness (QED) is 0.0171. The Morgan fingerprint density at radius 2 is 0.851 bits per heavy atom. The van der Waals surface area contributed by atoms with Gasteiger partial charge in [-0.25, -0.2) is 0 Å². The Morgan fingerprint density at radius 3 is 1.34 bits per heavy atom. The average molecular weight is 1050 g/mol. The standard InChI is InChI=1S/C59H102O15/c1-3-5-7-9-11-13-15-17-19-21-23-25-27-29-31-33-35-37-39-41-50(61)69-44-47(72-51(62)42-40-38-36-34-32-30-28-26-24-22-20-18-16-14-12-10-8-6-4-2)45-70-58-57(68)55(66)53(64)49(74-58)46-71-59-56(67)54(65)52(63)48(43-60)73-59/h5,7,11,13,17,19,23,25,29,31,47-49,52-60,63-68H,3-4,6,8-10,12,14-16,18,20-22,24,26-28,30,32-46H2,1-2H3/b7-5+,13-11+,19-17+,25-23+,31-29+/t47-,48+,49+,52-,53-,54?,55?,56?,57?,58+,59+/m0/s1. The molecule has 2 rings (SSSR count). The number of hydrogen-bond acceptors (Lipinski definition) is 15. The molecular weight excluding hydrogens is 949 g/mol. The summed E-state index contributed by atoms with van der Waals surface area (Å²) in [5.41, 5.74) is 0. The highest BCUT2D eigenvalue weighted by Crippen LogP contribution is 2.27. The van der Waals surface area contributed by atoms with Gasteiger partial charge in [-0.05, 0) is 57.8 Å². The highest BCUT2D eigenvalue weighted by atomic mass is 16.7. The molecule has 0 spiro atoms. The fraction of sp³-hybridized carbons (Fsp3) is 0.797. The van der Waals surface area contributed by atoms with E-state index in [9.17, 15) is 45.3 Å². The van der Waals surface area contributed by atoms with Crippen LogP contribution < -0.4 is 0 Å². The molecule has 15 heteroatoms. The molecule has 11 atom stereocenters. The van der Waals surface area contributed by atoms with Crippen LogP contribution in [0.4, 0.5) is 0 Å². The van der Waals surface area contributed by atoms with Crippen molar-refractivity contribution in [2.24, 2.45) is 0 Å². The third-order valence-electron chi connectivity index (χ3n) is 13.5. The van der Waals surface area contributed by atoms with Gasteiger partial charge in [-0.15, -0.1) is 0 Å². The van der Waals surface area contributed by atoms with Crippen molar-refractivity contribution in [3.8, 4) is 0 Å². The van der Waals surface area contributed by atoms with Crippen molar-refractivity contribution in [1.29, 1.82) is 0 Å². The molecule has 428 valence electrons. The number of rotatable bonds is 45. The molecule has 74 heavy (non-hydrogen) atoms. The Bertz CT molecular complexity index is 1520. The lowest BCUT2D eigenvalue weighted by Gasteiger charge is -2.42. The molecular formula is C59H102O15. The zero-order valence-corrected chi connectivity index (χ0v) is 45.6. The van der Waals surface area contributed by atoms with Gasteiger partial charge in [0.1, 0.15) is 55.4 Å². The Labute approximate surface area is 445 Å². The molecule has 0 aromatic heterocycles. The number of esters is 2. The highest BCUT2D eigenvalue weighted by molar-refractivity contribution is 5.70. The first kappa shape index (κ1) is 67.3. The lowest BCUT2D eigenvalue weighted by molar-refractivity contribution is -0.332. The van der Waals surface area contributed by atoms with E-state index in [0.29, 0.717) is 12.8 Å². The molecule has 0 bridgehead atoms. The Morgan fingerprint density at radius 1 is 0.446 bits per heavy atom. The minimum atomic E-state index is -1.77. The zero-order valence-electron chi connectivity index (χ0n) is 45.6. The monoisotopic (exact) mass is 1050 g/mol. The van der Waals surface area contributed by atoms with E-state index in [1.165, 1.54) is 96.3 Å². The van der Waals surface area contributed by atoms with Crippen molar-refractivity contribution < 1.29 is 73.8 Å². The lowest BCUT2D eigenvalue weighted by atomic mass is 9.98. The summed E-state index contributed by atoms with van der Waals surface area (Å²) in [6, 6.07) is 0. The number of ether oxygens (including phenoxy) is 6. The molecule has 15 nitrogen and oxygen atoms in total. The van der Waals surface area contributed by atoms with Gasteiger partial charge in [-0.2, -0.15) is 0 Å². The second-order valence-corrected chi connectivity index (χ2v) is 20.1. The van der Waals surface area contributed by atoms with Crippen LogP contribution in [0, 0.1) is 0 Å². The van der Waals surface area contributed by atoms with Crippen molar-refractivity contribution >= 4 is 11.9 Å². The second kappa shape index (κ2) is 45.2. The van der Waals surface area contributed by atoms with Gasteiger partial charge in [0, 0.05) is 12.8 Å². The Kier molecular flexibility index (Phi) is 41.2. The average Bonchev–Trinajstić information content (AvgIpc) is 3.39. The van der Waals surface area contributed by atoms with Crippen molar-refractivity contribution in [3.05, 3.63) is 60.8 Å². The SMILES string of the molecule is CC/C=C/C/C=C/C/C=C/C/C=C/C/C=C/CCCCCC(=O)OC[C@@H](CO[C@@H]1O[C@H](CO[C@@H]2O[C@H](CO)[C@H](O)C(O)C2O)[C@H](O)C(O)C1O)OC(=O)CCCCCCCCCCCCCCCCCCCCC. The van der Waals surface area contributed by atoms with Crippen LogP contribution in [0.1, 0.15) is 206 Å². The number of unbranched alkanes of at least 4 members (excludes halogenated alkanes) is 21. The minimum Gasteiger partial charge on any atom is -0.462 e. The molecule has 2 saturated heterocycles. The fourth-order valence-corrected chi connectivity index (χ4v) is 8.83. The van der Waals surface area contributed by atoms with E-state index < -0.39 is 99.3 Å². The van der Waals surface area contributed by atoms with E-state index in [0.717, 1.165) is 70.6 Å². The summed E-state index contributed by atoms with van der Waals surface area (Å²) in [5, 5.41) is 72.3. The number of carbonyl (C=O) groups is 2. The molecule has 7 N–H and O–H groups in total. The minimum absolute atomic E-state index is 0.159. The van der Waals surface area contributed by atoms with Crippen LogP contribution in [0.5, 0.6) is 0 Å². The predicted octanol–water partition coefficient (Wildman–Crippen LogP) is 9.61. The number of allylic oxidation sites excluding steroid dienone is 10. The zero-order chi connectivity index (χ0) is 53.9. The topological polar surface area (TPSA) is 231 Å². The van der Waals surface area contributed by atoms with Gasteiger partial charge in [-0.1, -0.05) is 197 Å². The Balaban J connectivity index is 1.77. The molecule has 0 radical (unpaired) electrons. The summed E-state index contributed by atoms with van der Waals surface area (Å²) >= 11 is 0. The largest absolute Gasteiger partial charge is 0.462 e. The second-order valence-electron chi connectivity index (χ2n) is 20.1. The number of aliphatic hydroxyl groups excluding tert-OH is 7. The Hall–Kier alpha value is -2.80. The fourth-order valence-electron chi connectivity index (χ4n) is 8.83. The highest BCUT2D eigenvalue weighted by Gasteiger charge is 2.47. The molecule has 0 aliphatic carbocycles. The predicted molar refractivity (Wildman–Crippen MR) is 289 cm³/mol. The summed E-state index contributed by atoms with van der Waals surface area (Å²) in [7, 11) is 0. The van der Waals surface area contributed by atoms with Gasteiger partial charge in [-0.3, -0.25) is 9.59 Å². The van der Waals surface area contributed by atoms with E-state index in [1.54, 1.807) is 0 Å². The van der Waals surface area contributed by atoms with Crippen molar-refractivity contribution in [2.75, 3.05) is 26.4 Å². The first-order valence-corrected chi connectivity index (χ1v) is 28.9. The normalized spacial score (nSPS) is 25.1. The lowest BCUT2D eigenvalue weighted by Crippen LogP contribution is -2.61. The smallest absolute Gasteiger partial charge is 0.306 e. The summed E-state index contributed by atoms with van der Waals surface area (Å²) in [6.45, 7) is 2.47. The summed E-state index contributed by atoms with van der Waals surface area (Å²) in [4.78, 5) is 25.9. The van der Waals surface area contributed by atoms with Crippen LogP contribution in [0.25, 0.3) is 0 Å². The molecule has 2 fully saturated rings. The van der Waals surface area contributed by atoms with Gasteiger partial charge >= 0.3 is 11.9 Å².